The molecule has 0 spiro atoms. The zero-order chi connectivity index (χ0) is 5.66. The van der Waals surface area contributed by atoms with Gasteiger partial charge >= 0.3 is 47.8 Å². The van der Waals surface area contributed by atoms with Gasteiger partial charge < -0.3 is 0 Å². The molecule has 8 heavy (non-hydrogen) atoms. The summed E-state index contributed by atoms with van der Waals surface area (Å²) >= 11 is 0. The Balaban J connectivity index is 2.67. The van der Waals surface area contributed by atoms with Gasteiger partial charge in [0.05, 0.1) is 0 Å². The molecular formula is B4N4. The Morgan fingerprint density at radius 1 is 0.750 bits per heavy atom. The second-order valence-electron chi connectivity index (χ2n) is 1.09. The molecule has 1 rings (SSSR count). The Morgan fingerprint density at radius 2 is 1.25 bits per heavy atom. The molecule has 0 fully saturated rings. The molecule has 0 N–H and O–H groups in total. The second kappa shape index (κ2) is 3.46. The van der Waals surface area contributed by atoms with Crippen LogP contribution in [0, 0.1) is 0 Å². The monoisotopic (exact) mass is 100 g/mol. The standard InChI is InChI=1S/B4N4/c1-2-4-6-8-7-5-3-1. The number of rotatable bonds is 0. The minimum atomic E-state index is 1.54. The van der Waals surface area contributed by atoms with E-state index >= 15 is 0 Å². The van der Waals surface area contributed by atoms with Gasteiger partial charge in [0.2, 0.25) is 0 Å². The zero-order valence-corrected chi connectivity index (χ0v) is 4.10. The molecule has 0 aromatic rings. The molecule has 0 radical (unpaired) electrons. The molecule has 0 saturated heterocycles. The first-order chi connectivity index (χ1) is 4.00. The summed E-state index contributed by atoms with van der Waals surface area (Å²) in [7, 11) is 0. The summed E-state index contributed by atoms with van der Waals surface area (Å²) in [4.78, 5) is 0. The Kier molecular flexibility index (Phi) is 2.42. The van der Waals surface area contributed by atoms with Crippen molar-refractivity contribution in [1.82, 2.24) is 0 Å². The molecule has 0 unspecified atom stereocenters. The van der Waals surface area contributed by atoms with E-state index in [1.807, 2.05) is 0 Å². The van der Waals surface area contributed by atoms with Crippen LogP contribution in [0.5, 0.6) is 0 Å². The van der Waals surface area contributed by atoms with Gasteiger partial charge in [-0.25, -0.2) is 0 Å². The van der Waals surface area contributed by atoms with Crippen LogP contribution in [-0.4, -0.2) is 27.3 Å². The molecule has 0 aromatic carbocycles. The average molecular weight is 99.3 g/mol. The van der Waals surface area contributed by atoms with E-state index in [0.717, 1.165) is 0 Å². The summed E-state index contributed by atoms with van der Waals surface area (Å²) in [6, 6.07) is 0. The van der Waals surface area contributed by atoms with Crippen LogP contribution < -0.4 is 0 Å². The SMILES string of the molecule is B1=BN=NN=NB=B1. The fourth-order valence-corrected chi connectivity index (χ4v) is 0.282. The number of nitrogens with zero attached hydrogens (tertiary/aromatic N) is 4. The van der Waals surface area contributed by atoms with E-state index in [0.29, 0.717) is 0 Å². The van der Waals surface area contributed by atoms with Crippen LogP contribution in [0.15, 0.2) is 20.5 Å². The van der Waals surface area contributed by atoms with Crippen molar-refractivity contribution in [3.63, 3.8) is 0 Å². The fourth-order valence-electron chi connectivity index (χ4n) is 0.282. The molecule has 0 aliphatic carbocycles. The summed E-state index contributed by atoms with van der Waals surface area (Å²) in [6.45, 7) is 6.52. The Labute approximate surface area is 48.7 Å². The number of hydrogen-bond donors (Lipinski definition) is 0. The van der Waals surface area contributed by atoms with E-state index in [1.54, 1.807) is 13.4 Å². The molecule has 1 aliphatic rings. The van der Waals surface area contributed by atoms with Crippen LogP contribution in [0.25, 0.3) is 0 Å². The third-order valence-corrected chi connectivity index (χ3v) is 0.560. The van der Waals surface area contributed by atoms with E-state index < -0.39 is 0 Å². The van der Waals surface area contributed by atoms with Crippen molar-refractivity contribution >= 4 is 27.3 Å². The molecule has 1 aliphatic heterocycles. The molecule has 0 aromatic heterocycles. The van der Waals surface area contributed by atoms with Gasteiger partial charge in [-0.15, -0.1) is 0 Å². The first-order valence-electron chi connectivity index (χ1n) is 2.12. The van der Waals surface area contributed by atoms with Gasteiger partial charge in [0, 0.05) is 0 Å². The summed E-state index contributed by atoms with van der Waals surface area (Å²) in [5.74, 6) is 0. The summed E-state index contributed by atoms with van der Waals surface area (Å²) in [6.07, 6.45) is 0. The topological polar surface area (TPSA) is 49.4 Å². The van der Waals surface area contributed by atoms with Gasteiger partial charge in [-0.1, -0.05) is 0 Å². The predicted molar refractivity (Wildman–Crippen MR) is 32.7 cm³/mol. The second-order valence-corrected chi connectivity index (χ2v) is 1.09. The maximum atomic E-state index is 3.46. The Bertz CT molecular complexity index is 109. The van der Waals surface area contributed by atoms with Crippen molar-refractivity contribution in [3.8, 4) is 0 Å². The zero-order valence-electron chi connectivity index (χ0n) is 4.10. The van der Waals surface area contributed by atoms with Crippen LogP contribution in [0.4, 0.5) is 0 Å². The van der Waals surface area contributed by atoms with Crippen LogP contribution in [0.1, 0.15) is 0 Å². The Morgan fingerprint density at radius 3 is 1.75 bits per heavy atom. The van der Waals surface area contributed by atoms with Crippen molar-refractivity contribution < 1.29 is 0 Å². The van der Waals surface area contributed by atoms with Crippen molar-refractivity contribution in [1.29, 1.82) is 0 Å². The van der Waals surface area contributed by atoms with Gasteiger partial charge in [-0.2, -0.15) is 0 Å². The molecule has 0 atom stereocenters. The van der Waals surface area contributed by atoms with Gasteiger partial charge in [-0.05, 0) is 0 Å². The first kappa shape index (κ1) is 5.59. The minimum absolute atomic E-state index is 1.54. The van der Waals surface area contributed by atoms with Crippen LogP contribution >= 0.6 is 0 Å². The van der Waals surface area contributed by atoms with Crippen LogP contribution in [-0.2, 0) is 0 Å². The molecule has 32 valence electrons. The summed E-state index contributed by atoms with van der Waals surface area (Å²) in [5.41, 5.74) is 0. The third-order valence-electron chi connectivity index (χ3n) is 0.560. The van der Waals surface area contributed by atoms with Gasteiger partial charge in [0.15, 0.2) is 0 Å². The van der Waals surface area contributed by atoms with Gasteiger partial charge in [-0.3, -0.25) is 0 Å². The molecule has 8 heteroatoms. The third kappa shape index (κ3) is 1.95. The first-order valence-corrected chi connectivity index (χ1v) is 2.12. The van der Waals surface area contributed by atoms with Gasteiger partial charge in [0.1, 0.15) is 0 Å². The molecule has 0 bridgehead atoms. The quantitative estimate of drug-likeness (QED) is 0.357. The van der Waals surface area contributed by atoms with Crippen molar-refractivity contribution in [2.75, 3.05) is 0 Å². The van der Waals surface area contributed by atoms with Gasteiger partial charge in [0.25, 0.3) is 0 Å². The van der Waals surface area contributed by atoms with Crippen molar-refractivity contribution in [2.24, 2.45) is 20.5 Å². The molecular weight excluding hydrogens is 99.3 g/mol. The molecule has 0 saturated carbocycles. The van der Waals surface area contributed by atoms with Crippen molar-refractivity contribution in [3.05, 3.63) is 0 Å². The Hall–Kier alpha value is -0.540. The normalized spacial score (nSPS) is 12.0. The molecule has 0 amide bonds. The predicted octanol–water partition coefficient (Wildman–Crippen LogP) is -0.789. The van der Waals surface area contributed by atoms with E-state index in [-0.39, 0.29) is 0 Å². The van der Waals surface area contributed by atoms with E-state index in [4.69, 9.17) is 0 Å². The van der Waals surface area contributed by atoms with E-state index in [2.05, 4.69) is 20.5 Å². The average Bonchev–Trinajstić information content (AvgIpc) is 1.62. The molecule has 1 heterocycles. The molecule has 4 nitrogen and oxygen atoms in total. The van der Waals surface area contributed by atoms with Crippen LogP contribution in [0.2, 0.25) is 0 Å². The van der Waals surface area contributed by atoms with Crippen molar-refractivity contribution in [2.45, 2.75) is 0 Å². The fraction of sp³-hybridized carbons (Fsp3) is 0. The van der Waals surface area contributed by atoms with Crippen LogP contribution in [0.3, 0.4) is 0 Å². The summed E-state index contributed by atoms with van der Waals surface area (Å²) in [5, 5.41) is 13.5. The maximum absolute atomic E-state index is 3.46. The summed E-state index contributed by atoms with van der Waals surface area (Å²) < 4.78 is 0. The number of hydrogen-bond acceptors (Lipinski definition) is 4. The van der Waals surface area contributed by atoms with E-state index in [1.165, 1.54) is 13.9 Å². The van der Waals surface area contributed by atoms with E-state index in [9.17, 15) is 0 Å².